The van der Waals surface area contributed by atoms with Crippen molar-refractivity contribution in [3.63, 3.8) is 0 Å². The Hall–Kier alpha value is -2.41. The van der Waals surface area contributed by atoms with Crippen LogP contribution in [0.5, 0.6) is 0 Å². The molecule has 1 aromatic rings. The zero-order chi connectivity index (χ0) is 21.3. The molecule has 2 fully saturated rings. The van der Waals surface area contributed by atoms with Crippen molar-refractivity contribution in [1.29, 1.82) is 0 Å². The summed E-state index contributed by atoms with van der Waals surface area (Å²) in [5, 5.41) is 9.76. The molecule has 1 aliphatic carbocycles. The van der Waals surface area contributed by atoms with Gasteiger partial charge in [-0.2, -0.15) is 0 Å². The fraction of sp³-hybridized carbons (Fsp3) is 0.609. The summed E-state index contributed by atoms with van der Waals surface area (Å²) < 4.78 is 0. The van der Waals surface area contributed by atoms with E-state index >= 15 is 0 Å². The zero-order valence-corrected chi connectivity index (χ0v) is 17.9. The van der Waals surface area contributed by atoms with Crippen molar-refractivity contribution in [2.45, 2.75) is 77.0 Å². The second-order valence-corrected chi connectivity index (χ2v) is 9.22. The number of rotatable bonds is 6. The van der Waals surface area contributed by atoms with E-state index in [1.807, 2.05) is 18.2 Å². The molecule has 3 aliphatic rings. The number of hydrogen-bond donors (Lipinski definition) is 3. The Bertz CT molecular complexity index is 838. The van der Waals surface area contributed by atoms with Gasteiger partial charge in [0.2, 0.25) is 11.8 Å². The Kier molecular flexibility index (Phi) is 6.09. The minimum Gasteiger partial charge on any atom is -0.381 e. The maximum atomic E-state index is 12.9. The molecule has 0 spiro atoms. The van der Waals surface area contributed by atoms with Gasteiger partial charge < -0.3 is 15.5 Å². The number of anilines is 1. The number of piperidine rings is 1. The number of carbonyl (C=O) groups excluding carboxylic acids is 3. The first-order valence-electron chi connectivity index (χ1n) is 11.2. The third kappa shape index (κ3) is 4.36. The molecule has 30 heavy (non-hydrogen) atoms. The van der Waals surface area contributed by atoms with E-state index in [-0.39, 0.29) is 24.1 Å². The van der Waals surface area contributed by atoms with E-state index in [0.717, 1.165) is 24.2 Å². The third-order valence-electron chi connectivity index (χ3n) is 6.43. The maximum Gasteiger partial charge on any atom is 0.255 e. The van der Waals surface area contributed by atoms with Crippen LogP contribution < -0.4 is 16.0 Å². The first-order valence-corrected chi connectivity index (χ1v) is 11.2. The van der Waals surface area contributed by atoms with Gasteiger partial charge in [-0.25, -0.2) is 0 Å². The number of carbonyl (C=O) groups is 3. The molecule has 7 heteroatoms. The molecule has 1 saturated heterocycles. The number of nitrogens with one attached hydrogen (secondary N) is 3. The van der Waals surface area contributed by atoms with Crippen molar-refractivity contribution in [1.82, 2.24) is 15.5 Å². The lowest BCUT2D eigenvalue weighted by Gasteiger charge is -2.34. The van der Waals surface area contributed by atoms with Crippen molar-refractivity contribution >= 4 is 23.4 Å². The van der Waals surface area contributed by atoms with E-state index in [1.54, 1.807) is 4.90 Å². The van der Waals surface area contributed by atoms with Gasteiger partial charge in [0.1, 0.15) is 6.04 Å². The molecule has 3 N–H and O–H groups in total. The quantitative estimate of drug-likeness (QED) is 0.625. The van der Waals surface area contributed by atoms with Crippen LogP contribution in [-0.2, 0) is 16.1 Å². The Morgan fingerprint density at radius 3 is 2.60 bits per heavy atom. The normalized spacial score (nSPS) is 26.7. The smallest absolute Gasteiger partial charge is 0.255 e. The predicted molar refractivity (Wildman–Crippen MR) is 115 cm³/mol. The second-order valence-electron chi connectivity index (χ2n) is 9.22. The highest BCUT2D eigenvalue weighted by Gasteiger charge is 2.39. The molecule has 0 bridgehead atoms. The van der Waals surface area contributed by atoms with Crippen molar-refractivity contribution in [3.8, 4) is 0 Å². The molecular weight excluding hydrogens is 380 g/mol. The first-order chi connectivity index (χ1) is 14.4. The Morgan fingerprint density at radius 1 is 1.10 bits per heavy atom. The van der Waals surface area contributed by atoms with Crippen molar-refractivity contribution < 1.29 is 14.4 Å². The predicted octanol–water partition coefficient (Wildman–Crippen LogP) is 2.42. The van der Waals surface area contributed by atoms with Gasteiger partial charge >= 0.3 is 0 Å². The van der Waals surface area contributed by atoms with E-state index in [2.05, 4.69) is 29.8 Å². The highest BCUT2D eigenvalue weighted by molar-refractivity contribution is 6.05. The Labute approximate surface area is 178 Å². The lowest BCUT2D eigenvalue weighted by molar-refractivity contribution is -0.136. The van der Waals surface area contributed by atoms with Crippen molar-refractivity contribution in [3.05, 3.63) is 29.3 Å². The summed E-state index contributed by atoms with van der Waals surface area (Å²) in [6, 6.07) is 6.15. The van der Waals surface area contributed by atoms with E-state index in [0.29, 0.717) is 36.5 Å². The molecule has 3 amide bonds. The molecule has 4 rings (SSSR count). The minimum atomic E-state index is -0.568. The van der Waals surface area contributed by atoms with Crippen LogP contribution in [0, 0.1) is 5.92 Å². The molecule has 162 valence electrons. The minimum absolute atomic E-state index is 0.125. The van der Waals surface area contributed by atoms with Crippen LogP contribution >= 0.6 is 0 Å². The van der Waals surface area contributed by atoms with Gasteiger partial charge in [-0.15, -0.1) is 0 Å². The summed E-state index contributed by atoms with van der Waals surface area (Å²) >= 11 is 0. The van der Waals surface area contributed by atoms with Crippen LogP contribution in [0.3, 0.4) is 0 Å². The van der Waals surface area contributed by atoms with Crippen LogP contribution in [0.1, 0.15) is 68.3 Å². The lowest BCUT2D eigenvalue weighted by Crippen LogP contribution is -2.52. The van der Waals surface area contributed by atoms with Crippen LogP contribution in [0.4, 0.5) is 5.69 Å². The van der Waals surface area contributed by atoms with Gasteiger partial charge in [0.25, 0.3) is 5.91 Å². The van der Waals surface area contributed by atoms with Gasteiger partial charge in [-0.05, 0) is 55.5 Å². The number of benzene rings is 1. The van der Waals surface area contributed by atoms with E-state index < -0.39 is 6.04 Å². The summed E-state index contributed by atoms with van der Waals surface area (Å²) in [5.41, 5.74) is 2.62. The van der Waals surface area contributed by atoms with Gasteiger partial charge in [-0.3, -0.25) is 19.7 Å². The Morgan fingerprint density at radius 2 is 1.87 bits per heavy atom. The summed E-state index contributed by atoms with van der Waals surface area (Å²) in [6.45, 7) is 5.88. The van der Waals surface area contributed by atoms with Crippen LogP contribution in [0.15, 0.2) is 18.2 Å². The van der Waals surface area contributed by atoms with Crippen LogP contribution in [0.25, 0.3) is 0 Å². The average molecular weight is 413 g/mol. The van der Waals surface area contributed by atoms with E-state index in [9.17, 15) is 14.4 Å². The van der Waals surface area contributed by atoms with E-state index in [1.165, 1.54) is 19.3 Å². The molecule has 1 saturated carbocycles. The zero-order valence-electron chi connectivity index (χ0n) is 17.9. The molecule has 1 aromatic carbocycles. The number of fused-ring (bicyclic) bond motifs is 1. The molecule has 7 nitrogen and oxygen atoms in total. The van der Waals surface area contributed by atoms with Crippen LogP contribution in [0.2, 0.25) is 0 Å². The number of amides is 3. The Balaban J connectivity index is 1.44. The summed E-state index contributed by atoms with van der Waals surface area (Å²) in [4.78, 5) is 38.1. The fourth-order valence-electron chi connectivity index (χ4n) is 4.81. The molecule has 0 radical (unpaired) electrons. The van der Waals surface area contributed by atoms with Gasteiger partial charge in [0.05, 0.1) is 0 Å². The van der Waals surface area contributed by atoms with Gasteiger partial charge in [-0.1, -0.05) is 26.7 Å². The monoisotopic (exact) mass is 412 g/mol. The molecule has 2 aliphatic heterocycles. The second kappa shape index (κ2) is 8.76. The summed E-state index contributed by atoms with van der Waals surface area (Å²) in [6.07, 6.45) is 5.46. The van der Waals surface area contributed by atoms with Gasteiger partial charge in [0, 0.05) is 36.3 Å². The molecule has 1 unspecified atom stereocenters. The highest BCUT2D eigenvalue weighted by Crippen LogP contribution is 2.30. The lowest BCUT2D eigenvalue weighted by atomic mass is 9.89. The third-order valence-corrected chi connectivity index (χ3v) is 6.43. The molecule has 0 aromatic heterocycles. The fourth-order valence-corrected chi connectivity index (χ4v) is 4.81. The highest BCUT2D eigenvalue weighted by atomic mass is 16.2. The SMILES string of the molecule is CC(C)CN[C@@H]1CCCC[C@@H]1Nc1ccc2c(c1)CN(C1CCC(=O)NC1=O)C2=O. The number of imide groups is 1. The topological polar surface area (TPSA) is 90.5 Å². The molecule has 3 atom stereocenters. The summed E-state index contributed by atoms with van der Waals surface area (Å²) in [7, 11) is 0. The number of hydrogen-bond acceptors (Lipinski definition) is 5. The first kappa shape index (κ1) is 20.8. The molecular formula is C23H32N4O3. The average Bonchev–Trinajstić information content (AvgIpc) is 3.03. The van der Waals surface area contributed by atoms with Crippen LogP contribution in [-0.4, -0.2) is 47.3 Å². The summed E-state index contributed by atoms with van der Waals surface area (Å²) in [5.74, 6) is -0.135. The largest absolute Gasteiger partial charge is 0.381 e. The van der Waals surface area contributed by atoms with Gasteiger partial charge in [0.15, 0.2) is 0 Å². The maximum absolute atomic E-state index is 12.9. The van der Waals surface area contributed by atoms with Crippen molar-refractivity contribution in [2.75, 3.05) is 11.9 Å². The molecule has 2 heterocycles. The standard InChI is InChI=1S/C23H32N4O3/c1-14(2)12-24-18-5-3-4-6-19(18)25-16-7-8-17-15(11-16)13-27(23(17)30)20-9-10-21(28)26-22(20)29/h7-8,11,14,18-20,24-25H,3-6,9-10,12-13H2,1-2H3,(H,26,28,29)/t18-,19+,20?/m1/s1. The van der Waals surface area contributed by atoms with Crippen molar-refractivity contribution in [2.24, 2.45) is 5.92 Å². The number of nitrogens with zero attached hydrogens (tertiary/aromatic N) is 1. The van der Waals surface area contributed by atoms with E-state index in [4.69, 9.17) is 0 Å².